The maximum Gasteiger partial charge on any atom is 0.123 e. The molecule has 0 fully saturated rings. The summed E-state index contributed by atoms with van der Waals surface area (Å²) in [6, 6.07) is 4.83. The van der Waals surface area contributed by atoms with Crippen LogP contribution >= 0.6 is 0 Å². The first-order chi connectivity index (χ1) is 7.52. The van der Waals surface area contributed by atoms with E-state index in [0.717, 1.165) is 17.5 Å². The Bertz CT molecular complexity index is 320. The highest BCUT2D eigenvalue weighted by molar-refractivity contribution is 5.26. The third kappa shape index (κ3) is 3.91. The van der Waals surface area contributed by atoms with Gasteiger partial charge in [0.25, 0.3) is 0 Å². The van der Waals surface area contributed by atoms with Gasteiger partial charge in [0.2, 0.25) is 0 Å². The Labute approximate surface area is 96.6 Å². The van der Waals surface area contributed by atoms with Gasteiger partial charge in [0.1, 0.15) is 5.82 Å². The van der Waals surface area contributed by atoms with Crippen LogP contribution in [0, 0.1) is 18.7 Å². The fraction of sp³-hybridized carbons (Fsp3) is 0.538. The van der Waals surface area contributed by atoms with E-state index >= 15 is 0 Å². The molecule has 2 unspecified atom stereocenters. The number of nitrogens with two attached hydrogens (primary N) is 1. The molecular weight excluding hydrogens is 205 g/mol. The van der Waals surface area contributed by atoms with E-state index in [4.69, 9.17) is 10.5 Å². The van der Waals surface area contributed by atoms with Gasteiger partial charge >= 0.3 is 0 Å². The molecule has 0 bridgehead atoms. The quantitative estimate of drug-likeness (QED) is 0.836. The molecule has 2 nitrogen and oxygen atoms in total. The molecule has 1 aromatic rings. The molecule has 0 spiro atoms. The van der Waals surface area contributed by atoms with E-state index in [1.165, 1.54) is 12.1 Å². The summed E-state index contributed by atoms with van der Waals surface area (Å²) in [5, 5.41) is 0. The molecule has 0 aliphatic carbocycles. The Morgan fingerprint density at radius 1 is 1.38 bits per heavy atom. The Morgan fingerprint density at radius 3 is 2.62 bits per heavy atom. The molecule has 0 radical (unpaired) electrons. The molecular formula is C13H20FNO. The maximum atomic E-state index is 13.2. The van der Waals surface area contributed by atoms with Crippen LogP contribution in [0.3, 0.4) is 0 Å². The summed E-state index contributed by atoms with van der Waals surface area (Å²) in [5.74, 6) is 0.161. The largest absolute Gasteiger partial charge is 0.384 e. The van der Waals surface area contributed by atoms with Gasteiger partial charge in [-0.3, -0.25) is 0 Å². The summed E-state index contributed by atoms with van der Waals surface area (Å²) in [7, 11) is 1.67. The number of hydrogen-bond donors (Lipinski definition) is 1. The number of halogens is 1. The molecule has 0 saturated heterocycles. The molecule has 2 N–H and O–H groups in total. The van der Waals surface area contributed by atoms with Gasteiger partial charge < -0.3 is 10.5 Å². The second kappa shape index (κ2) is 5.97. The number of hydrogen-bond acceptors (Lipinski definition) is 2. The highest BCUT2D eigenvalue weighted by Crippen LogP contribution is 2.21. The zero-order valence-corrected chi connectivity index (χ0v) is 10.2. The lowest BCUT2D eigenvalue weighted by Crippen LogP contribution is -2.17. The number of benzene rings is 1. The fourth-order valence-corrected chi connectivity index (χ4v) is 1.90. The van der Waals surface area contributed by atoms with E-state index in [1.807, 2.05) is 13.0 Å². The van der Waals surface area contributed by atoms with Gasteiger partial charge in [-0.15, -0.1) is 0 Å². The van der Waals surface area contributed by atoms with E-state index < -0.39 is 0 Å². The molecule has 0 aliphatic heterocycles. The van der Waals surface area contributed by atoms with Crippen molar-refractivity contribution in [2.75, 3.05) is 13.7 Å². The predicted octanol–water partition coefficient (Wildman–Crippen LogP) is 2.81. The molecule has 0 saturated carbocycles. The monoisotopic (exact) mass is 225 g/mol. The van der Waals surface area contributed by atoms with Crippen LogP contribution in [-0.4, -0.2) is 13.7 Å². The van der Waals surface area contributed by atoms with Crippen LogP contribution in [0.5, 0.6) is 0 Å². The van der Waals surface area contributed by atoms with Crippen molar-refractivity contribution in [3.05, 3.63) is 35.1 Å². The molecule has 1 rings (SSSR count). The van der Waals surface area contributed by atoms with Crippen LogP contribution in [0.25, 0.3) is 0 Å². The Kier molecular flexibility index (Phi) is 4.90. The predicted molar refractivity (Wildman–Crippen MR) is 63.7 cm³/mol. The van der Waals surface area contributed by atoms with Crippen LogP contribution in [-0.2, 0) is 4.74 Å². The second-order valence-corrected chi connectivity index (χ2v) is 4.46. The van der Waals surface area contributed by atoms with Gasteiger partial charge in [0, 0.05) is 19.8 Å². The van der Waals surface area contributed by atoms with Gasteiger partial charge in [0.05, 0.1) is 0 Å². The van der Waals surface area contributed by atoms with Gasteiger partial charge in [0.15, 0.2) is 0 Å². The first-order valence-electron chi connectivity index (χ1n) is 5.54. The number of aryl methyl sites for hydroxylation is 1. The van der Waals surface area contributed by atoms with Crippen LogP contribution < -0.4 is 5.73 Å². The van der Waals surface area contributed by atoms with E-state index in [-0.39, 0.29) is 11.9 Å². The molecule has 3 heteroatoms. The Morgan fingerprint density at radius 2 is 2.06 bits per heavy atom. The van der Waals surface area contributed by atoms with Crippen LogP contribution in [0.2, 0.25) is 0 Å². The lowest BCUT2D eigenvalue weighted by molar-refractivity contribution is 0.152. The van der Waals surface area contributed by atoms with E-state index in [2.05, 4.69) is 6.92 Å². The summed E-state index contributed by atoms with van der Waals surface area (Å²) in [6.45, 7) is 4.63. The summed E-state index contributed by atoms with van der Waals surface area (Å²) in [6.07, 6.45) is 0.802. The lowest BCUT2D eigenvalue weighted by Gasteiger charge is -2.17. The average Bonchev–Trinajstić information content (AvgIpc) is 2.16. The zero-order chi connectivity index (χ0) is 12.1. The number of ether oxygens (including phenoxy) is 1. The molecule has 0 amide bonds. The summed E-state index contributed by atoms with van der Waals surface area (Å²) in [4.78, 5) is 0. The van der Waals surface area contributed by atoms with Crippen molar-refractivity contribution in [2.45, 2.75) is 26.3 Å². The van der Waals surface area contributed by atoms with Crippen LogP contribution in [0.15, 0.2) is 18.2 Å². The Hall–Kier alpha value is -0.930. The minimum atomic E-state index is -0.218. The molecule has 0 aromatic heterocycles. The number of rotatable bonds is 5. The molecule has 0 aliphatic rings. The van der Waals surface area contributed by atoms with E-state index in [9.17, 15) is 4.39 Å². The minimum Gasteiger partial charge on any atom is -0.384 e. The normalized spacial score (nSPS) is 14.8. The average molecular weight is 225 g/mol. The molecule has 16 heavy (non-hydrogen) atoms. The van der Waals surface area contributed by atoms with E-state index in [0.29, 0.717) is 12.5 Å². The van der Waals surface area contributed by atoms with E-state index in [1.54, 1.807) is 7.11 Å². The molecule has 1 aromatic carbocycles. The third-order valence-electron chi connectivity index (χ3n) is 2.60. The van der Waals surface area contributed by atoms with Crippen molar-refractivity contribution in [2.24, 2.45) is 11.7 Å². The van der Waals surface area contributed by atoms with Crippen molar-refractivity contribution in [1.82, 2.24) is 0 Å². The minimum absolute atomic E-state index is 0.125. The van der Waals surface area contributed by atoms with Gasteiger partial charge in [-0.1, -0.05) is 13.0 Å². The molecule has 2 atom stereocenters. The SMILES string of the molecule is COCC(C)CC(N)c1cc(C)cc(F)c1. The second-order valence-electron chi connectivity index (χ2n) is 4.46. The summed E-state index contributed by atoms with van der Waals surface area (Å²) >= 11 is 0. The standard InChI is InChI=1S/C13H20FNO/c1-9-4-11(7-12(14)5-9)13(15)6-10(2)8-16-3/h4-5,7,10,13H,6,8,15H2,1-3H3. The molecule has 90 valence electrons. The van der Waals surface area contributed by atoms with Crippen LogP contribution in [0.4, 0.5) is 4.39 Å². The van der Waals surface area contributed by atoms with Crippen LogP contribution in [0.1, 0.15) is 30.5 Å². The maximum absolute atomic E-state index is 13.2. The summed E-state index contributed by atoms with van der Waals surface area (Å²) in [5.41, 5.74) is 7.81. The van der Waals surface area contributed by atoms with Crippen molar-refractivity contribution < 1.29 is 9.13 Å². The molecule has 0 heterocycles. The smallest absolute Gasteiger partial charge is 0.123 e. The van der Waals surface area contributed by atoms with Gasteiger partial charge in [-0.25, -0.2) is 4.39 Å². The fourth-order valence-electron chi connectivity index (χ4n) is 1.90. The third-order valence-corrected chi connectivity index (χ3v) is 2.60. The first kappa shape index (κ1) is 13.1. The topological polar surface area (TPSA) is 35.2 Å². The Balaban J connectivity index is 2.68. The van der Waals surface area contributed by atoms with Crippen molar-refractivity contribution in [1.29, 1.82) is 0 Å². The van der Waals surface area contributed by atoms with Crippen molar-refractivity contribution >= 4 is 0 Å². The zero-order valence-electron chi connectivity index (χ0n) is 10.2. The lowest BCUT2D eigenvalue weighted by atomic mass is 9.96. The first-order valence-corrected chi connectivity index (χ1v) is 5.54. The summed E-state index contributed by atoms with van der Waals surface area (Å²) < 4.78 is 18.3. The highest BCUT2D eigenvalue weighted by atomic mass is 19.1. The van der Waals surface area contributed by atoms with Gasteiger partial charge in [-0.2, -0.15) is 0 Å². The van der Waals surface area contributed by atoms with Gasteiger partial charge in [-0.05, 0) is 42.5 Å². The highest BCUT2D eigenvalue weighted by Gasteiger charge is 2.12. The van der Waals surface area contributed by atoms with Crippen molar-refractivity contribution in [3.63, 3.8) is 0 Å². The number of methoxy groups -OCH3 is 1. The van der Waals surface area contributed by atoms with Crippen molar-refractivity contribution in [3.8, 4) is 0 Å².